The van der Waals surface area contributed by atoms with Gasteiger partial charge < -0.3 is 18.9 Å². The summed E-state index contributed by atoms with van der Waals surface area (Å²) in [5, 5.41) is 0. The van der Waals surface area contributed by atoms with Crippen molar-refractivity contribution in [2.45, 2.75) is 116 Å². The molecule has 0 aromatic heterocycles. The lowest BCUT2D eigenvalue weighted by Crippen LogP contribution is -2.52. The molecule has 0 aliphatic carbocycles. The van der Waals surface area contributed by atoms with E-state index in [4.69, 9.17) is 18.9 Å². The average Bonchev–Trinajstić information content (AvgIpc) is 3.49. The van der Waals surface area contributed by atoms with Crippen LogP contribution in [0.4, 0.5) is 18.4 Å². The fourth-order valence-corrected chi connectivity index (χ4v) is 5.34. The number of carbonyl (C=O) groups excluding carboxylic acids is 4. The maximum Gasteiger partial charge on any atom is 0.411 e. The number of hydrogen-bond acceptors (Lipinski definition) is 8. The highest BCUT2D eigenvalue weighted by atomic mass is 19.1. The molecule has 4 atom stereocenters. The fourth-order valence-electron chi connectivity index (χ4n) is 5.34. The third-order valence-electron chi connectivity index (χ3n) is 7.72. The van der Waals surface area contributed by atoms with Crippen molar-refractivity contribution >= 4 is 24.1 Å². The van der Waals surface area contributed by atoms with Gasteiger partial charge in [-0.05, 0) is 66.5 Å². The predicted molar refractivity (Wildman–Crippen MR) is 174 cm³/mol. The van der Waals surface area contributed by atoms with Crippen molar-refractivity contribution in [1.82, 2.24) is 9.80 Å². The minimum Gasteiger partial charge on any atom is -0.459 e. The average molecular weight is 675 g/mol. The number of rotatable bonds is 6. The molecule has 4 rings (SSSR count). The molecule has 2 aliphatic rings. The summed E-state index contributed by atoms with van der Waals surface area (Å²) >= 11 is 0. The molecule has 2 fully saturated rings. The zero-order valence-corrected chi connectivity index (χ0v) is 29.1. The Bertz CT molecular complexity index is 1310. The molecule has 0 N–H and O–H groups in total. The lowest BCUT2D eigenvalue weighted by molar-refractivity contribution is -0.157. The lowest BCUT2D eigenvalue weighted by atomic mass is 9.99. The van der Waals surface area contributed by atoms with Crippen molar-refractivity contribution in [1.29, 1.82) is 0 Å². The van der Waals surface area contributed by atoms with Crippen molar-refractivity contribution in [2.24, 2.45) is 0 Å². The Morgan fingerprint density at radius 1 is 0.646 bits per heavy atom. The first-order chi connectivity index (χ1) is 22.2. The number of halogens is 2. The van der Waals surface area contributed by atoms with Gasteiger partial charge >= 0.3 is 24.1 Å². The van der Waals surface area contributed by atoms with E-state index in [9.17, 15) is 28.0 Å². The topological polar surface area (TPSA) is 112 Å². The van der Waals surface area contributed by atoms with Crippen molar-refractivity contribution in [2.75, 3.05) is 13.1 Å². The van der Waals surface area contributed by atoms with E-state index < -0.39 is 58.7 Å². The fraction of sp³-hybridized carbons (Fsp3) is 0.556. The van der Waals surface area contributed by atoms with E-state index in [0.717, 1.165) is 20.9 Å². The second-order valence-electron chi connectivity index (χ2n) is 14.5. The number of esters is 2. The van der Waals surface area contributed by atoms with Gasteiger partial charge in [0.2, 0.25) is 0 Å². The number of ether oxygens (including phenoxy) is 4. The second kappa shape index (κ2) is 15.3. The molecule has 2 heterocycles. The van der Waals surface area contributed by atoms with Gasteiger partial charge in [-0.25, -0.2) is 28.0 Å². The number of carbonyl (C=O) groups is 4. The van der Waals surface area contributed by atoms with Crippen LogP contribution in [0.1, 0.15) is 79.4 Å². The number of likely N-dealkylation sites (tertiary alicyclic amines) is 2. The van der Waals surface area contributed by atoms with Gasteiger partial charge in [-0.2, -0.15) is 0 Å². The van der Waals surface area contributed by atoms with Crippen LogP contribution < -0.4 is 0 Å². The molecule has 2 amide bonds. The third kappa shape index (κ3) is 10.4. The molecule has 48 heavy (non-hydrogen) atoms. The van der Waals surface area contributed by atoms with Crippen LogP contribution in [0.25, 0.3) is 0 Å². The van der Waals surface area contributed by atoms with Gasteiger partial charge in [0.05, 0.1) is 13.1 Å². The summed E-state index contributed by atoms with van der Waals surface area (Å²) in [5.74, 6) is -1.25. The van der Waals surface area contributed by atoms with Crippen LogP contribution in [0.2, 0.25) is 0 Å². The quantitative estimate of drug-likeness (QED) is 0.240. The Balaban J connectivity index is 0.000000260. The van der Waals surface area contributed by atoms with E-state index in [-0.39, 0.29) is 39.1 Å². The molecule has 0 radical (unpaired) electrons. The minimum absolute atomic E-state index is 0.0778. The molecule has 0 spiro atoms. The van der Waals surface area contributed by atoms with Crippen LogP contribution >= 0.6 is 0 Å². The largest absolute Gasteiger partial charge is 0.459 e. The van der Waals surface area contributed by atoms with Gasteiger partial charge in [-0.1, -0.05) is 60.7 Å². The SMILES string of the molecule is CC(C)(C)OC(=O)N1C[C@@H](F)C[C@@]1(C)C(=O)OCc1ccccc1.CC(C)(C)OC(=O)N1C[C@@H](F)C[C@]1(C)C(=O)OCc1ccccc1. The van der Waals surface area contributed by atoms with Gasteiger partial charge in [0.15, 0.2) is 0 Å². The Morgan fingerprint density at radius 3 is 1.25 bits per heavy atom. The summed E-state index contributed by atoms with van der Waals surface area (Å²) in [6, 6.07) is 18.4. The summed E-state index contributed by atoms with van der Waals surface area (Å²) in [6.45, 7) is 13.2. The highest BCUT2D eigenvalue weighted by molar-refractivity contribution is 5.87. The zero-order valence-electron chi connectivity index (χ0n) is 29.1. The highest BCUT2D eigenvalue weighted by Crippen LogP contribution is 2.35. The standard InChI is InChI=1S/2C18H24FNO4/c2*1-17(2,3)24-16(22)20-11-14(19)10-18(20,4)15(21)23-12-13-8-6-5-7-9-13/h2*5-9,14H,10-12H2,1-4H3/t14-,18+;14-,18-/m00/s1. The second-order valence-corrected chi connectivity index (χ2v) is 14.5. The molecular weight excluding hydrogens is 626 g/mol. The molecule has 2 saturated heterocycles. The van der Waals surface area contributed by atoms with Crippen molar-refractivity contribution in [3.8, 4) is 0 Å². The van der Waals surface area contributed by atoms with E-state index in [1.807, 2.05) is 60.7 Å². The van der Waals surface area contributed by atoms with E-state index >= 15 is 0 Å². The number of benzene rings is 2. The number of hydrogen-bond donors (Lipinski definition) is 0. The van der Waals surface area contributed by atoms with Crippen molar-refractivity contribution < 1.29 is 46.9 Å². The van der Waals surface area contributed by atoms with Crippen molar-refractivity contribution in [3.05, 3.63) is 71.8 Å². The Morgan fingerprint density at radius 2 is 0.958 bits per heavy atom. The Hall–Kier alpha value is -4.22. The normalized spacial score (nSPS) is 23.9. The van der Waals surface area contributed by atoms with E-state index in [1.165, 1.54) is 13.8 Å². The van der Waals surface area contributed by atoms with Crippen LogP contribution in [0, 0.1) is 0 Å². The van der Waals surface area contributed by atoms with Crippen LogP contribution in [-0.4, -0.2) is 81.6 Å². The minimum atomic E-state index is -1.36. The molecule has 2 aromatic rings. The molecule has 10 nitrogen and oxygen atoms in total. The first-order valence-corrected chi connectivity index (χ1v) is 16.0. The van der Waals surface area contributed by atoms with Crippen LogP contribution in [0.15, 0.2) is 60.7 Å². The van der Waals surface area contributed by atoms with Crippen LogP contribution in [0.5, 0.6) is 0 Å². The summed E-state index contributed by atoms with van der Waals surface area (Å²) in [5.41, 5.74) is -2.52. The number of alkyl halides is 2. The molecule has 12 heteroatoms. The molecule has 2 aromatic carbocycles. The van der Waals surface area contributed by atoms with E-state index in [0.29, 0.717) is 0 Å². The van der Waals surface area contributed by atoms with E-state index in [2.05, 4.69) is 0 Å². The Kier molecular flexibility index (Phi) is 12.2. The summed E-state index contributed by atoms with van der Waals surface area (Å²) in [4.78, 5) is 52.0. The summed E-state index contributed by atoms with van der Waals surface area (Å²) < 4.78 is 49.1. The summed E-state index contributed by atoms with van der Waals surface area (Å²) in [6.07, 6.45) is -4.18. The monoisotopic (exact) mass is 674 g/mol. The van der Waals surface area contributed by atoms with Gasteiger partial charge in [0, 0.05) is 12.8 Å². The molecule has 0 saturated carbocycles. The smallest absolute Gasteiger partial charge is 0.411 e. The zero-order chi connectivity index (χ0) is 35.9. The van der Waals surface area contributed by atoms with Crippen LogP contribution in [0.3, 0.4) is 0 Å². The van der Waals surface area contributed by atoms with Gasteiger partial charge in [0.25, 0.3) is 0 Å². The van der Waals surface area contributed by atoms with Crippen LogP contribution in [-0.2, 0) is 41.8 Å². The number of nitrogens with zero attached hydrogens (tertiary/aromatic N) is 2. The first-order valence-electron chi connectivity index (χ1n) is 16.0. The maximum atomic E-state index is 13.9. The maximum absolute atomic E-state index is 13.9. The summed E-state index contributed by atoms with van der Waals surface area (Å²) in [7, 11) is 0. The predicted octanol–water partition coefficient (Wildman–Crippen LogP) is 6.93. The van der Waals surface area contributed by atoms with Gasteiger partial charge in [-0.3, -0.25) is 9.80 Å². The Labute approximate surface area is 281 Å². The van der Waals surface area contributed by atoms with E-state index in [1.54, 1.807) is 41.5 Å². The third-order valence-corrected chi connectivity index (χ3v) is 7.72. The molecule has 2 aliphatic heterocycles. The highest BCUT2D eigenvalue weighted by Gasteiger charge is 2.54. The van der Waals surface area contributed by atoms with Crippen molar-refractivity contribution in [3.63, 3.8) is 0 Å². The number of amides is 2. The lowest BCUT2D eigenvalue weighted by Gasteiger charge is -2.34. The van der Waals surface area contributed by atoms with Gasteiger partial charge in [0.1, 0.15) is 47.8 Å². The first kappa shape index (κ1) is 38.2. The van der Waals surface area contributed by atoms with Gasteiger partial charge in [-0.15, -0.1) is 0 Å². The molecule has 0 bridgehead atoms. The molecule has 0 unspecified atom stereocenters. The molecular formula is C36H48F2N2O8. The molecule has 264 valence electrons.